The number of allylic oxidation sites excluding steroid dienone is 2. The highest BCUT2D eigenvalue weighted by Crippen LogP contribution is 2.42. The highest BCUT2D eigenvalue weighted by molar-refractivity contribution is 6.30. The minimum Gasteiger partial charge on any atom is -0.312 e. The fourth-order valence-electron chi connectivity index (χ4n) is 3.18. The normalized spacial score (nSPS) is 29.1. The van der Waals surface area contributed by atoms with Crippen LogP contribution in [-0.4, -0.2) is 6.54 Å². The summed E-state index contributed by atoms with van der Waals surface area (Å²) in [6.07, 6.45) is 7.39. The first-order chi connectivity index (χ1) is 8.72. The molecule has 3 unspecified atom stereocenters. The highest BCUT2D eigenvalue weighted by Gasteiger charge is 2.34. The summed E-state index contributed by atoms with van der Waals surface area (Å²) in [4.78, 5) is 0. The highest BCUT2D eigenvalue weighted by atomic mass is 35.5. The number of nitrogens with one attached hydrogen (secondary N) is 1. The molecule has 1 N–H and O–H groups in total. The van der Waals surface area contributed by atoms with E-state index in [4.69, 9.17) is 11.6 Å². The van der Waals surface area contributed by atoms with Crippen LogP contribution in [0.3, 0.4) is 0 Å². The summed E-state index contributed by atoms with van der Waals surface area (Å²) in [5, 5.41) is 3.67. The molecule has 3 rings (SSSR count). The van der Waals surface area contributed by atoms with Crippen molar-refractivity contribution in [2.45, 2.75) is 19.4 Å². The number of hydrogen-bond acceptors (Lipinski definition) is 1. The molecule has 0 heterocycles. The summed E-state index contributed by atoms with van der Waals surface area (Å²) in [7, 11) is 0. The molecule has 96 valence electrons. The predicted molar refractivity (Wildman–Crippen MR) is 72.0 cm³/mol. The summed E-state index contributed by atoms with van der Waals surface area (Å²) in [6.45, 7) is 1.80. The number of fused-ring (bicyclic) bond motifs is 2. The molecule has 0 spiro atoms. The molecule has 3 atom stereocenters. The molecule has 1 fully saturated rings. The van der Waals surface area contributed by atoms with E-state index in [0.717, 1.165) is 36.4 Å². The molecule has 2 bridgehead atoms. The Hall–Kier alpha value is -0.860. The lowest BCUT2D eigenvalue weighted by molar-refractivity contribution is 0.414. The molecule has 1 aromatic carbocycles. The summed E-state index contributed by atoms with van der Waals surface area (Å²) >= 11 is 5.76. The van der Waals surface area contributed by atoms with Crippen molar-refractivity contribution >= 4 is 11.6 Å². The lowest BCUT2D eigenvalue weighted by Crippen LogP contribution is -2.25. The van der Waals surface area contributed by atoms with E-state index in [-0.39, 0.29) is 10.8 Å². The first kappa shape index (κ1) is 12.2. The van der Waals surface area contributed by atoms with Gasteiger partial charge in [-0.05, 0) is 54.8 Å². The van der Waals surface area contributed by atoms with Crippen molar-refractivity contribution in [1.82, 2.24) is 5.32 Å². The lowest BCUT2D eigenvalue weighted by atomic mass is 9.93. The molecule has 1 nitrogen and oxygen atoms in total. The van der Waals surface area contributed by atoms with Gasteiger partial charge in [-0.2, -0.15) is 0 Å². The van der Waals surface area contributed by atoms with Crippen LogP contribution in [0.25, 0.3) is 0 Å². The number of halogens is 2. The van der Waals surface area contributed by atoms with Crippen LogP contribution in [0.1, 0.15) is 18.4 Å². The van der Waals surface area contributed by atoms with E-state index in [2.05, 4.69) is 17.5 Å². The van der Waals surface area contributed by atoms with Gasteiger partial charge in [-0.15, -0.1) is 0 Å². The minimum atomic E-state index is -0.348. The van der Waals surface area contributed by atoms with E-state index < -0.39 is 0 Å². The fraction of sp³-hybridized carbons (Fsp3) is 0.467. The summed E-state index contributed by atoms with van der Waals surface area (Å²) in [5.41, 5.74) is 1.04. The number of benzene rings is 1. The average molecular weight is 266 g/mol. The molecule has 0 aliphatic heterocycles. The van der Waals surface area contributed by atoms with Gasteiger partial charge in [0.25, 0.3) is 0 Å². The van der Waals surface area contributed by atoms with E-state index in [1.54, 1.807) is 12.1 Å². The van der Waals surface area contributed by atoms with Crippen molar-refractivity contribution in [3.8, 4) is 0 Å². The Morgan fingerprint density at radius 3 is 2.83 bits per heavy atom. The van der Waals surface area contributed by atoms with Crippen LogP contribution in [0, 0.1) is 23.6 Å². The number of hydrogen-bond donors (Lipinski definition) is 1. The van der Waals surface area contributed by atoms with Crippen molar-refractivity contribution in [3.63, 3.8) is 0 Å². The Balaban J connectivity index is 1.50. The van der Waals surface area contributed by atoms with Crippen LogP contribution in [0.2, 0.25) is 5.02 Å². The van der Waals surface area contributed by atoms with Crippen molar-refractivity contribution in [2.75, 3.05) is 6.54 Å². The van der Waals surface area contributed by atoms with Gasteiger partial charge in [0.05, 0.1) is 5.02 Å². The van der Waals surface area contributed by atoms with Gasteiger partial charge in [0.15, 0.2) is 0 Å². The number of rotatable bonds is 4. The van der Waals surface area contributed by atoms with Crippen LogP contribution >= 0.6 is 11.6 Å². The third-order valence-corrected chi connectivity index (χ3v) is 4.43. The molecule has 1 aromatic rings. The topological polar surface area (TPSA) is 12.0 Å². The van der Waals surface area contributed by atoms with Crippen molar-refractivity contribution in [3.05, 3.63) is 46.8 Å². The molecule has 0 radical (unpaired) electrons. The smallest absolute Gasteiger partial charge is 0.141 e. The standard InChI is InChI=1S/C15H17ClFN/c16-14-7-11(2-4-15(14)17)8-18-9-13-6-10-1-3-12(13)5-10/h1-4,7,10,12-13,18H,5-6,8-9H2. The van der Waals surface area contributed by atoms with Crippen LogP contribution in [0.4, 0.5) is 4.39 Å². The molecule has 0 aromatic heterocycles. The molecule has 2 aliphatic carbocycles. The van der Waals surface area contributed by atoms with Crippen molar-refractivity contribution < 1.29 is 4.39 Å². The van der Waals surface area contributed by atoms with Gasteiger partial charge in [0.2, 0.25) is 0 Å². The average Bonchev–Trinajstić information content (AvgIpc) is 2.96. The molecular formula is C15H17ClFN. The van der Waals surface area contributed by atoms with Crippen molar-refractivity contribution in [2.24, 2.45) is 17.8 Å². The van der Waals surface area contributed by atoms with Gasteiger partial charge in [-0.1, -0.05) is 29.8 Å². The van der Waals surface area contributed by atoms with Crippen LogP contribution in [0.15, 0.2) is 30.4 Å². The van der Waals surface area contributed by atoms with E-state index in [1.165, 1.54) is 18.9 Å². The molecular weight excluding hydrogens is 249 g/mol. The monoisotopic (exact) mass is 265 g/mol. The maximum absolute atomic E-state index is 13.0. The quantitative estimate of drug-likeness (QED) is 0.817. The van der Waals surface area contributed by atoms with Crippen LogP contribution in [0.5, 0.6) is 0 Å². The van der Waals surface area contributed by atoms with Gasteiger partial charge in [0, 0.05) is 6.54 Å². The van der Waals surface area contributed by atoms with E-state index in [9.17, 15) is 4.39 Å². The molecule has 2 aliphatic rings. The Bertz CT molecular complexity index is 472. The van der Waals surface area contributed by atoms with Crippen LogP contribution < -0.4 is 5.32 Å². The lowest BCUT2D eigenvalue weighted by Gasteiger charge is -2.18. The maximum Gasteiger partial charge on any atom is 0.141 e. The molecule has 1 saturated carbocycles. The Morgan fingerprint density at radius 2 is 2.17 bits per heavy atom. The largest absolute Gasteiger partial charge is 0.312 e. The molecule has 0 saturated heterocycles. The van der Waals surface area contributed by atoms with Gasteiger partial charge >= 0.3 is 0 Å². The minimum absolute atomic E-state index is 0.206. The zero-order chi connectivity index (χ0) is 12.5. The molecule has 3 heteroatoms. The third-order valence-electron chi connectivity index (χ3n) is 4.14. The Labute approximate surface area is 112 Å². The predicted octanol–water partition coefficient (Wildman–Crippen LogP) is 3.78. The SMILES string of the molecule is Fc1ccc(CNCC2CC3C=CC2C3)cc1Cl. The van der Waals surface area contributed by atoms with Gasteiger partial charge in [-0.3, -0.25) is 0 Å². The van der Waals surface area contributed by atoms with Gasteiger partial charge in [0.1, 0.15) is 5.82 Å². The third kappa shape index (κ3) is 2.45. The Morgan fingerprint density at radius 1 is 1.28 bits per heavy atom. The van der Waals surface area contributed by atoms with E-state index in [0.29, 0.717) is 0 Å². The van der Waals surface area contributed by atoms with E-state index >= 15 is 0 Å². The maximum atomic E-state index is 13.0. The summed E-state index contributed by atoms with van der Waals surface area (Å²) < 4.78 is 13.0. The second-order valence-corrected chi connectivity index (χ2v) is 5.83. The van der Waals surface area contributed by atoms with E-state index in [1.807, 2.05) is 0 Å². The van der Waals surface area contributed by atoms with Gasteiger partial charge in [-0.25, -0.2) is 4.39 Å². The van der Waals surface area contributed by atoms with Crippen LogP contribution in [-0.2, 0) is 6.54 Å². The first-order valence-electron chi connectivity index (χ1n) is 6.55. The molecule has 18 heavy (non-hydrogen) atoms. The van der Waals surface area contributed by atoms with Crippen molar-refractivity contribution in [1.29, 1.82) is 0 Å². The zero-order valence-electron chi connectivity index (χ0n) is 10.2. The Kier molecular flexibility index (Phi) is 3.40. The zero-order valence-corrected chi connectivity index (χ0v) is 11.0. The summed E-state index contributed by atoms with van der Waals surface area (Å²) in [6, 6.07) is 4.92. The second kappa shape index (κ2) is 5.02. The summed E-state index contributed by atoms with van der Waals surface area (Å²) in [5.74, 6) is 2.02. The fourth-order valence-corrected chi connectivity index (χ4v) is 3.38. The molecule has 0 amide bonds. The first-order valence-corrected chi connectivity index (χ1v) is 6.93. The second-order valence-electron chi connectivity index (χ2n) is 5.42. The van der Waals surface area contributed by atoms with Gasteiger partial charge < -0.3 is 5.32 Å².